The molecule has 0 aliphatic carbocycles. The van der Waals surface area contributed by atoms with Crippen molar-refractivity contribution in [1.82, 2.24) is 20.8 Å². The zero-order valence-corrected chi connectivity index (χ0v) is 15.0. The van der Waals surface area contributed by atoms with Gasteiger partial charge in [0.1, 0.15) is 0 Å². The third-order valence-corrected chi connectivity index (χ3v) is 4.95. The normalized spacial score (nSPS) is 14.2. The predicted molar refractivity (Wildman–Crippen MR) is 91.2 cm³/mol. The number of thioether (sulfide) groups is 1. The molecular weight excluding hydrogens is 354 g/mol. The monoisotopic (exact) mass is 373 g/mol. The minimum absolute atomic E-state index is 0.153. The number of carbonyl (C=O) groups is 2. The Morgan fingerprint density at radius 2 is 2.29 bits per heavy atom. The van der Waals surface area contributed by atoms with E-state index < -0.39 is 5.97 Å². The molecule has 0 saturated heterocycles. The molecule has 0 spiro atoms. The number of anilines is 1. The first-order chi connectivity index (χ1) is 11.6. The molecule has 0 fully saturated rings. The minimum atomic E-state index is -0.431. The molecule has 0 radical (unpaired) electrons. The molecule has 9 nitrogen and oxygen atoms in total. The van der Waals surface area contributed by atoms with Gasteiger partial charge in [0.05, 0.1) is 25.3 Å². The van der Waals surface area contributed by atoms with E-state index in [1.807, 2.05) is 0 Å². The second-order valence-corrected chi connectivity index (χ2v) is 6.77. The van der Waals surface area contributed by atoms with E-state index in [2.05, 4.69) is 26.1 Å². The number of rotatable bonds is 9. The van der Waals surface area contributed by atoms with Crippen LogP contribution in [-0.2, 0) is 14.3 Å². The Balaban J connectivity index is 1.97. The van der Waals surface area contributed by atoms with E-state index in [0.717, 1.165) is 4.34 Å². The highest BCUT2D eigenvalue weighted by Gasteiger charge is 2.23. The van der Waals surface area contributed by atoms with Crippen molar-refractivity contribution in [3.05, 3.63) is 11.3 Å². The molecule has 24 heavy (non-hydrogen) atoms. The molecule has 0 aromatic carbocycles. The molecular formula is C13H19N5O4S2. The van der Waals surface area contributed by atoms with Crippen LogP contribution in [0, 0.1) is 0 Å². The van der Waals surface area contributed by atoms with Crippen LogP contribution in [0.3, 0.4) is 0 Å². The molecule has 2 rings (SSSR count). The van der Waals surface area contributed by atoms with Gasteiger partial charge in [-0.1, -0.05) is 23.1 Å². The summed E-state index contributed by atoms with van der Waals surface area (Å²) < 4.78 is 10.7. The van der Waals surface area contributed by atoms with E-state index in [1.165, 1.54) is 23.1 Å². The number of carbonyl (C=O) groups excluding carboxylic acids is 2. The molecule has 0 bridgehead atoms. The van der Waals surface area contributed by atoms with Gasteiger partial charge in [-0.05, 0) is 6.92 Å². The van der Waals surface area contributed by atoms with E-state index in [0.29, 0.717) is 35.3 Å². The fraction of sp³-hybridized carbons (Fsp3) is 0.538. The lowest BCUT2D eigenvalue weighted by Crippen LogP contribution is -2.44. The molecule has 11 heteroatoms. The van der Waals surface area contributed by atoms with Gasteiger partial charge in [-0.25, -0.2) is 9.59 Å². The number of urea groups is 1. The number of nitrogens with one attached hydrogen (secondary N) is 3. The van der Waals surface area contributed by atoms with Crippen molar-refractivity contribution >= 4 is 40.2 Å². The second-order valence-electron chi connectivity index (χ2n) is 4.57. The standard InChI is InChI=1S/C13H19N5O4S2/c1-3-22-10(19)8-6-15-11(20)16-9(8)7-23-13-18-17-12(24-13)14-4-5-21-2/h3-7H2,1-2H3,(H,14,17)(H2,15,16,20). The van der Waals surface area contributed by atoms with Crippen LogP contribution in [0.5, 0.6) is 0 Å². The molecule has 1 aliphatic rings. The number of nitrogens with zero attached hydrogens (tertiary/aromatic N) is 2. The molecule has 0 unspecified atom stereocenters. The first-order valence-corrected chi connectivity index (χ1v) is 9.07. The number of hydrogen-bond acceptors (Lipinski definition) is 9. The zero-order valence-electron chi connectivity index (χ0n) is 13.4. The van der Waals surface area contributed by atoms with Gasteiger partial charge in [0, 0.05) is 25.1 Å². The lowest BCUT2D eigenvalue weighted by Gasteiger charge is -2.20. The van der Waals surface area contributed by atoms with Crippen molar-refractivity contribution in [3.8, 4) is 0 Å². The van der Waals surface area contributed by atoms with E-state index in [-0.39, 0.29) is 19.2 Å². The minimum Gasteiger partial charge on any atom is -0.463 e. The number of aromatic nitrogens is 2. The van der Waals surface area contributed by atoms with Gasteiger partial charge >= 0.3 is 12.0 Å². The smallest absolute Gasteiger partial charge is 0.337 e. The molecule has 1 aromatic heterocycles. The summed E-state index contributed by atoms with van der Waals surface area (Å²) in [6, 6.07) is -0.335. The molecule has 0 atom stereocenters. The van der Waals surface area contributed by atoms with Crippen LogP contribution >= 0.6 is 23.1 Å². The molecule has 1 aromatic rings. The summed E-state index contributed by atoms with van der Waals surface area (Å²) in [6.07, 6.45) is 0. The average molecular weight is 373 g/mol. The lowest BCUT2D eigenvalue weighted by molar-refractivity contribution is -0.138. The predicted octanol–water partition coefficient (Wildman–Crippen LogP) is 0.818. The first kappa shape index (κ1) is 18.5. The van der Waals surface area contributed by atoms with Crippen LogP contribution in [0.4, 0.5) is 9.93 Å². The zero-order chi connectivity index (χ0) is 17.4. The highest BCUT2D eigenvalue weighted by Crippen LogP contribution is 2.27. The van der Waals surface area contributed by atoms with Gasteiger partial charge in [-0.15, -0.1) is 10.2 Å². The first-order valence-electron chi connectivity index (χ1n) is 7.27. The number of methoxy groups -OCH3 is 1. The Labute approximate surface area is 147 Å². The summed E-state index contributed by atoms with van der Waals surface area (Å²) in [5, 5.41) is 17.1. The molecule has 3 N–H and O–H groups in total. The Morgan fingerprint density at radius 3 is 3.04 bits per heavy atom. The number of ether oxygens (including phenoxy) is 2. The van der Waals surface area contributed by atoms with Gasteiger partial charge in [-0.2, -0.15) is 0 Å². The average Bonchev–Trinajstić information content (AvgIpc) is 3.01. The number of amides is 2. The van der Waals surface area contributed by atoms with Gasteiger partial charge in [0.2, 0.25) is 5.13 Å². The maximum atomic E-state index is 11.9. The molecule has 1 aliphatic heterocycles. The highest BCUT2D eigenvalue weighted by atomic mass is 32.2. The van der Waals surface area contributed by atoms with Crippen molar-refractivity contribution in [1.29, 1.82) is 0 Å². The van der Waals surface area contributed by atoms with E-state index in [9.17, 15) is 9.59 Å². The maximum Gasteiger partial charge on any atom is 0.337 e. The summed E-state index contributed by atoms with van der Waals surface area (Å²) in [6.45, 7) is 3.40. The molecule has 0 saturated carbocycles. The van der Waals surface area contributed by atoms with E-state index in [4.69, 9.17) is 9.47 Å². The summed E-state index contributed by atoms with van der Waals surface area (Å²) >= 11 is 2.79. The summed E-state index contributed by atoms with van der Waals surface area (Å²) in [5.41, 5.74) is 0.957. The third-order valence-electron chi connectivity index (χ3n) is 2.91. The molecule has 2 heterocycles. The quantitative estimate of drug-likeness (QED) is 0.331. The summed E-state index contributed by atoms with van der Waals surface area (Å²) in [7, 11) is 1.63. The second kappa shape index (κ2) is 9.45. The van der Waals surface area contributed by atoms with Crippen molar-refractivity contribution in [2.45, 2.75) is 11.3 Å². The van der Waals surface area contributed by atoms with Gasteiger partial charge in [0.15, 0.2) is 4.34 Å². The Morgan fingerprint density at radius 1 is 1.46 bits per heavy atom. The molecule has 2 amide bonds. The van der Waals surface area contributed by atoms with Gasteiger partial charge < -0.3 is 25.4 Å². The maximum absolute atomic E-state index is 11.9. The number of esters is 1. The fourth-order valence-corrected chi connectivity index (χ4v) is 3.57. The third kappa shape index (κ3) is 5.35. The topological polar surface area (TPSA) is 114 Å². The SMILES string of the molecule is CCOC(=O)C1=C(CSc2nnc(NCCOC)s2)NC(=O)NC1. The van der Waals surface area contributed by atoms with Crippen molar-refractivity contribution < 1.29 is 19.1 Å². The van der Waals surface area contributed by atoms with Crippen LogP contribution in [0.2, 0.25) is 0 Å². The largest absolute Gasteiger partial charge is 0.463 e. The van der Waals surface area contributed by atoms with Crippen molar-refractivity contribution in [2.24, 2.45) is 0 Å². The Hall–Kier alpha value is -1.85. The van der Waals surface area contributed by atoms with Crippen LogP contribution in [0.15, 0.2) is 15.6 Å². The van der Waals surface area contributed by atoms with Crippen molar-refractivity contribution in [2.75, 3.05) is 44.5 Å². The van der Waals surface area contributed by atoms with E-state index >= 15 is 0 Å². The highest BCUT2D eigenvalue weighted by molar-refractivity contribution is 8.01. The lowest BCUT2D eigenvalue weighted by atomic mass is 10.2. The summed E-state index contributed by atoms with van der Waals surface area (Å²) in [5.74, 6) is -0.0337. The Kier molecular flexibility index (Phi) is 7.28. The molecule has 132 valence electrons. The van der Waals surface area contributed by atoms with Crippen LogP contribution in [-0.4, -0.2) is 61.4 Å². The van der Waals surface area contributed by atoms with Crippen LogP contribution in [0.1, 0.15) is 6.92 Å². The van der Waals surface area contributed by atoms with Crippen LogP contribution in [0.25, 0.3) is 0 Å². The fourth-order valence-electron chi connectivity index (χ4n) is 1.80. The number of hydrogen-bond donors (Lipinski definition) is 3. The van der Waals surface area contributed by atoms with Crippen LogP contribution < -0.4 is 16.0 Å². The Bertz CT molecular complexity index is 619. The van der Waals surface area contributed by atoms with E-state index in [1.54, 1.807) is 14.0 Å². The van der Waals surface area contributed by atoms with Gasteiger partial charge in [-0.3, -0.25) is 0 Å². The van der Waals surface area contributed by atoms with Gasteiger partial charge in [0.25, 0.3) is 0 Å². The van der Waals surface area contributed by atoms with Crippen molar-refractivity contribution in [3.63, 3.8) is 0 Å². The summed E-state index contributed by atoms with van der Waals surface area (Å²) in [4.78, 5) is 23.4.